The van der Waals surface area contributed by atoms with Crippen LogP contribution in [0.1, 0.15) is 6.92 Å². The van der Waals surface area contributed by atoms with Crippen LogP contribution in [0.25, 0.3) is 0 Å². The summed E-state index contributed by atoms with van der Waals surface area (Å²) < 4.78 is 30.6. The number of halogens is 2. The Bertz CT molecular complexity index is 510. The SMILES string of the molecule is COc1cc(Cl)nc(NS(=O)(=O)CC(C)CCl)n1. The van der Waals surface area contributed by atoms with Gasteiger partial charge in [0.15, 0.2) is 0 Å². The number of ether oxygens (including phenoxy) is 1. The van der Waals surface area contributed by atoms with Gasteiger partial charge in [-0.15, -0.1) is 11.6 Å². The minimum absolute atomic E-state index is 0.0879. The van der Waals surface area contributed by atoms with Crippen molar-refractivity contribution in [3.63, 3.8) is 0 Å². The molecular weight excluding hydrogens is 301 g/mol. The maximum Gasteiger partial charge on any atom is 0.241 e. The Labute approximate surface area is 116 Å². The lowest BCUT2D eigenvalue weighted by Gasteiger charge is -2.10. The van der Waals surface area contributed by atoms with Gasteiger partial charge in [-0.2, -0.15) is 4.98 Å². The van der Waals surface area contributed by atoms with Crippen molar-refractivity contribution in [1.29, 1.82) is 0 Å². The predicted octanol–water partition coefficient (Wildman–Crippen LogP) is 1.76. The van der Waals surface area contributed by atoms with Crippen LogP contribution in [0, 0.1) is 5.92 Å². The molecule has 0 bridgehead atoms. The fourth-order valence-corrected chi connectivity index (χ4v) is 2.88. The zero-order valence-electron chi connectivity index (χ0n) is 9.85. The van der Waals surface area contributed by atoms with Crippen molar-refractivity contribution in [2.24, 2.45) is 5.92 Å². The molecule has 1 aromatic heterocycles. The van der Waals surface area contributed by atoms with Gasteiger partial charge in [-0.05, 0) is 5.92 Å². The van der Waals surface area contributed by atoms with Gasteiger partial charge in [-0.3, -0.25) is 4.72 Å². The number of rotatable bonds is 6. The highest BCUT2D eigenvalue weighted by atomic mass is 35.5. The van der Waals surface area contributed by atoms with E-state index in [1.165, 1.54) is 13.2 Å². The van der Waals surface area contributed by atoms with E-state index < -0.39 is 10.0 Å². The summed E-state index contributed by atoms with van der Waals surface area (Å²) in [5.41, 5.74) is 0. The molecule has 1 rings (SSSR count). The molecule has 18 heavy (non-hydrogen) atoms. The molecule has 0 amide bonds. The monoisotopic (exact) mass is 313 g/mol. The van der Waals surface area contributed by atoms with E-state index in [1.807, 2.05) is 0 Å². The molecule has 0 aliphatic heterocycles. The third kappa shape index (κ3) is 4.83. The lowest BCUT2D eigenvalue weighted by atomic mass is 10.3. The van der Waals surface area contributed by atoms with Crippen molar-refractivity contribution in [3.8, 4) is 5.88 Å². The van der Waals surface area contributed by atoms with Crippen LogP contribution in [0.4, 0.5) is 5.95 Å². The van der Waals surface area contributed by atoms with E-state index in [9.17, 15) is 8.42 Å². The molecule has 1 unspecified atom stereocenters. The molecule has 0 saturated heterocycles. The number of alkyl halides is 1. The topological polar surface area (TPSA) is 81.2 Å². The Balaban J connectivity index is 2.87. The lowest BCUT2D eigenvalue weighted by molar-refractivity contribution is 0.397. The van der Waals surface area contributed by atoms with Crippen LogP contribution < -0.4 is 9.46 Å². The molecule has 0 saturated carbocycles. The maximum atomic E-state index is 11.7. The van der Waals surface area contributed by atoms with Gasteiger partial charge in [-0.25, -0.2) is 13.4 Å². The number of nitrogens with one attached hydrogen (secondary N) is 1. The number of sulfonamides is 1. The summed E-state index contributed by atoms with van der Waals surface area (Å²) in [6, 6.07) is 1.38. The van der Waals surface area contributed by atoms with Gasteiger partial charge in [0, 0.05) is 11.9 Å². The van der Waals surface area contributed by atoms with Crippen molar-refractivity contribution in [1.82, 2.24) is 9.97 Å². The first-order valence-electron chi connectivity index (χ1n) is 5.01. The average Bonchev–Trinajstić information content (AvgIpc) is 2.26. The molecule has 1 atom stereocenters. The molecule has 0 aliphatic carbocycles. The van der Waals surface area contributed by atoms with Gasteiger partial charge in [0.05, 0.1) is 12.9 Å². The third-order valence-electron chi connectivity index (χ3n) is 1.89. The maximum absolute atomic E-state index is 11.7. The smallest absolute Gasteiger partial charge is 0.241 e. The van der Waals surface area contributed by atoms with Crippen LogP contribution in [0.15, 0.2) is 6.07 Å². The zero-order valence-corrected chi connectivity index (χ0v) is 12.2. The number of hydrogen-bond donors (Lipinski definition) is 1. The van der Waals surface area contributed by atoms with E-state index in [-0.39, 0.29) is 34.5 Å². The Kier molecular flexibility index (Phi) is 5.43. The number of aromatic nitrogens is 2. The van der Waals surface area contributed by atoms with Crippen molar-refractivity contribution in [2.45, 2.75) is 6.92 Å². The molecule has 9 heteroatoms. The quantitative estimate of drug-likeness (QED) is 0.639. The van der Waals surface area contributed by atoms with Crippen LogP contribution >= 0.6 is 23.2 Å². The number of anilines is 1. The average molecular weight is 314 g/mol. The first-order chi connectivity index (χ1) is 8.36. The number of methoxy groups -OCH3 is 1. The van der Waals surface area contributed by atoms with E-state index in [4.69, 9.17) is 27.9 Å². The summed E-state index contributed by atoms with van der Waals surface area (Å²) in [5.74, 6) is 0.0134. The van der Waals surface area contributed by atoms with E-state index in [2.05, 4.69) is 14.7 Å². The van der Waals surface area contributed by atoms with Crippen LogP contribution in [0.2, 0.25) is 5.15 Å². The summed E-state index contributed by atoms with van der Waals surface area (Å²) in [6.07, 6.45) is 0. The van der Waals surface area contributed by atoms with Crippen LogP contribution in [0.5, 0.6) is 5.88 Å². The minimum atomic E-state index is -3.56. The molecule has 1 N–H and O–H groups in total. The van der Waals surface area contributed by atoms with Crippen molar-refractivity contribution >= 4 is 39.2 Å². The van der Waals surface area contributed by atoms with E-state index in [0.717, 1.165) is 0 Å². The Morgan fingerprint density at radius 2 is 2.17 bits per heavy atom. The molecule has 102 valence electrons. The summed E-state index contributed by atoms with van der Waals surface area (Å²) in [7, 11) is -2.17. The second kappa shape index (κ2) is 6.40. The molecule has 0 spiro atoms. The third-order valence-corrected chi connectivity index (χ3v) is 4.12. The first kappa shape index (κ1) is 15.3. The molecular formula is C9H13Cl2N3O3S. The molecule has 0 fully saturated rings. The number of hydrogen-bond acceptors (Lipinski definition) is 5. The highest BCUT2D eigenvalue weighted by Gasteiger charge is 2.17. The molecule has 0 aliphatic rings. The fourth-order valence-electron chi connectivity index (χ4n) is 1.15. The molecule has 1 heterocycles. The van der Waals surface area contributed by atoms with Crippen LogP contribution in [0.3, 0.4) is 0 Å². The van der Waals surface area contributed by atoms with Crippen molar-refractivity contribution in [3.05, 3.63) is 11.2 Å². The van der Waals surface area contributed by atoms with Crippen LogP contribution in [-0.4, -0.2) is 37.1 Å². The molecule has 1 aromatic rings. The van der Waals surface area contributed by atoms with Gasteiger partial charge in [0.1, 0.15) is 5.15 Å². The van der Waals surface area contributed by atoms with Gasteiger partial charge >= 0.3 is 0 Å². The predicted molar refractivity (Wildman–Crippen MR) is 70.9 cm³/mol. The second-order valence-electron chi connectivity index (χ2n) is 3.70. The van der Waals surface area contributed by atoms with Gasteiger partial charge in [0.2, 0.25) is 21.9 Å². The second-order valence-corrected chi connectivity index (χ2v) is 6.16. The van der Waals surface area contributed by atoms with Crippen LogP contribution in [-0.2, 0) is 10.0 Å². The Morgan fingerprint density at radius 3 is 2.72 bits per heavy atom. The number of nitrogens with zero attached hydrogens (tertiary/aromatic N) is 2. The van der Waals surface area contributed by atoms with E-state index in [0.29, 0.717) is 0 Å². The standard InChI is InChI=1S/C9H13Cl2N3O3S/c1-6(4-10)5-18(15,16)14-9-12-7(11)3-8(13-9)17-2/h3,6H,4-5H2,1-2H3,(H,12,13,14). The summed E-state index contributed by atoms with van der Waals surface area (Å²) in [5, 5.41) is 0.0879. The normalized spacial score (nSPS) is 13.1. The van der Waals surface area contributed by atoms with Crippen molar-refractivity contribution < 1.29 is 13.2 Å². The molecule has 0 aromatic carbocycles. The van der Waals surface area contributed by atoms with E-state index >= 15 is 0 Å². The summed E-state index contributed by atoms with van der Waals surface area (Å²) >= 11 is 11.3. The van der Waals surface area contributed by atoms with Gasteiger partial charge in [-0.1, -0.05) is 18.5 Å². The van der Waals surface area contributed by atoms with E-state index in [1.54, 1.807) is 6.92 Å². The van der Waals surface area contributed by atoms with Gasteiger partial charge in [0.25, 0.3) is 0 Å². The minimum Gasteiger partial charge on any atom is -0.481 e. The molecule has 0 radical (unpaired) electrons. The lowest BCUT2D eigenvalue weighted by Crippen LogP contribution is -2.23. The fraction of sp³-hybridized carbons (Fsp3) is 0.556. The van der Waals surface area contributed by atoms with Crippen molar-refractivity contribution in [2.75, 3.05) is 23.5 Å². The van der Waals surface area contributed by atoms with Gasteiger partial charge < -0.3 is 4.74 Å². The summed E-state index contributed by atoms with van der Waals surface area (Å²) in [6.45, 7) is 1.73. The Morgan fingerprint density at radius 1 is 1.50 bits per heavy atom. The Hall–Kier alpha value is -0.790. The first-order valence-corrected chi connectivity index (χ1v) is 7.58. The molecule has 6 nitrogen and oxygen atoms in total. The highest BCUT2D eigenvalue weighted by molar-refractivity contribution is 7.92. The highest BCUT2D eigenvalue weighted by Crippen LogP contribution is 2.17. The summed E-state index contributed by atoms with van der Waals surface area (Å²) in [4.78, 5) is 7.58. The zero-order chi connectivity index (χ0) is 13.8. The largest absolute Gasteiger partial charge is 0.481 e.